The zero-order valence-corrected chi connectivity index (χ0v) is 18.4. The van der Waals surface area contributed by atoms with Crippen LogP contribution in [-0.4, -0.2) is 34.8 Å². The number of amides is 2. The first-order chi connectivity index (χ1) is 14.7. The molecule has 0 unspecified atom stereocenters. The van der Waals surface area contributed by atoms with Crippen LogP contribution in [0.15, 0.2) is 36.5 Å². The van der Waals surface area contributed by atoms with Crippen LogP contribution in [0, 0.1) is 29.6 Å². The lowest BCUT2D eigenvalue weighted by Gasteiger charge is -2.35. The summed E-state index contributed by atoms with van der Waals surface area (Å²) in [6.07, 6.45) is 2.88. The average Bonchev–Trinajstić information content (AvgIpc) is 2.75. The standard InChI is InChI=1S/C24H28N4O3/c1-16-14-19(31-22-18(15-25)6-5-11-26-22)7-8-20(16)27-21(29)17-9-12-28(13-10-17)23(30)24(2,3)4/h5-8,11,14,17H,9-10,12-13H2,1-4H3,(H,27,29). The lowest BCUT2D eigenvalue weighted by molar-refractivity contribution is -0.142. The summed E-state index contributed by atoms with van der Waals surface area (Å²) in [5, 5.41) is 12.2. The first-order valence-electron chi connectivity index (χ1n) is 10.4. The van der Waals surface area contributed by atoms with Crippen LogP contribution in [0.2, 0.25) is 0 Å². The number of aromatic nitrogens is 1. The van der Waals surface area contributed by atoms with Crippen molar-refractivity contribution in [1.82, 2.24) is 9.88 Å². The summed E-state index contributed by atoms with van der Waals surface area (Å²) >= 11 is 0. The summed E-state index contributed by atoms with van der Waals surface area (Å²) in [5.41, 5.74) is 1.51. The van der Waals surface area contributed by atoms with Crippen molar-refractivity contribution in [2.45, 2.75) is 40.5 Å². The van der Waals surface area contributed by atoms with Gasteiger partial charge >= 0.3 is 0 Å². The van der Waals surface area contributed by atoms with Crippen molar-refractivity contribution in [1.29, 1.82) is 5.26 Å². The van der Waals surface area contributed by atoms with E-state index in [1.54, 1.807) is 36.5 Å². The van der Waals surface area contributed by atoms with Crippen molar-refractivity contribution in [2.24, 2.45) is 11.3 Å². The third kappa shape index (κ3) is 5.40. The maximum atomic E-state index is 12.8. The van der Waals surface area contributed by atoms with E-state index >= 15 is 0 Å². The van der Waals surface area contributed by atoms with E-state index in [0.29, 0.717) is 42.9 Å². The second-order valence-electron chi connectivity index (χ2n) is 8.85. The molecule has 7 heteroatoms. The second kappa shape index (κ2) is 9.17. The van der Waals surface area contributed by atoms with Gasteiger partial charge in [-0.3, -0.25) is 9.59 Å². The van der Waals surface area contributed by atoms with E-state index in [0.717, 1.165) is 5.56 Å². The number of nitriles is 1. The minimum absolute atomic E-state index is 0.0314. The number of carbonyl (C=O) groups is 2. The van der Waals surface area contributed by atoms with E-state index < -0.39 is 5.41 Å². The fraction of sp³-hybridized carbons (Fsp3) is 0.417. The van der Waals surface area contributed by atoms with E-state index in [9.17, 15) is 9.59 Å². The third-order valence-corrected chi connectivity index (χ3v) is 5.36. The molecule has 1 aromatic heterocycles. The van der Waals surface area contributed by atoms with Gasteiger partial charge in [0.05, 0.1) is 0 Å². The molecule has 0 aliphatic carbocycles. The van der Waals surface area contributed by atoms with E-state index in [4.69, 9.17) is 10.00 Å². The lowest BCUT2D eigenvalue weighted by Crippen LogP contribution is -2.45. The Hall–Kier alpha value is -3.40. The molecule has 3 rings (SSSR count). The number of carbonyl (C=O) groups excluding carboxylic acids is 2. The Morgan fingerprint density at radius 2 is 1.94 bits per heavy atom. The minimum Gasteiger partial charge on any atom is -0.438 e. The lowest BCUT2D eigenvalue weighted by atomic mass is 9.90. The van der Waals surface area contributed by atoms with Gasteiger partial charge in [-0.1, -0.05) is 20.8 Å². The molecular weight excluding hydrogens is 392 g/mol. The molecule has 0 saturated carbocycles. The van der Waals surface area contributed by atoms with Gasteiger partial charge in [0.2, 0.25) is 17.7 Å². The Morgan fingerprint density at radius 3 is 2.55 bits per heavy atom. The summed E-state index contributed by atoms with van der Waals surface area (Å²) in [6, 6.07) is 10.7. The number of benzene rings is 1. The first-order valence-corrected chi connectivity index (χ1v) is 10.4. The molecule has 7 nitrogen and oxygen atoms in total. The summed E-state index contributed by atoms with van der Waals surface area (Å²) in [5.74, 6) is 0.768. The topological polar surface area (TPSA) is 95.3 Å². The molecule has 1 fully saturated rings. The van der Waals surface area contributed by atoms with Crippen LogP contribution < -0.4 is 10.1 Å². The maximum Gasteiger partial charge on any atom is 0.237 e. The summed E-state index contributed by atoms with van der Waals surface area (Å²) in [4.78, 5) is 31.1. The van der Waals surface area contributed by atoms with E-state index in [1.165, 1.54) is 0 Å². The Balaban J connectivity index is 1.60. The number of piperidine rings is 1. The van der Waals surface area contributed by atoms with Gasteiger partial charge in [-0.25, -0.2) is 4.98 Å². The fourth-order valence-electron chi connectivity index (χ4n) is 3.56. The Morgan fingerprint density at radius 1 is 1.23 bits per heavy atom. The number of hydrogen-bond acceptors (Lipinski definition) is 5. The van der Waals surface area contributed by atoms with E-state index in [-0.39, 0.29) is 23.6 Å². The highest BCUT2D eigenvalue weighted by atomic mass is 16.5. The van der Waals surface area contributed by atoms with Gasteiger partial charge in [0.25, 0.3) is 0 Å². The van der Waals surface area contributed by atoms with Gasteiger partial charge in [0.15, 0.2) is 0 Å². The van der Waals surface area contributed by atoms with Crippen molar-refractivity contribution < 1.29 is 14.3 Å². The molecule has 0 spiro atoms. The van der Waals surface area contributed by atoms with Gasteiger partial charge in [-0.2, -0.15) is 5.26 Å². The van der Waals surface area contributed by atoms with Crippen LogP contribution in [0.5, 0.6) is 11.6 Å². The van der Waals surface area contributed by atoms with Gasteiger partial charge < -0.3 is 15.0 Å². The van der Waals surface area contributed by atoms with Crippen LogP contribution >= 0.6 is 0 Å². The molecule has 2 aromatic rings. The predicted molar refractivity (Wildman–Crippen MR) is 118 cm³/mol. The number of nitrogens with zero attached hydrogens (tertiary/aromatic N) is 3. The van der Waals surface area contributed by atoms with E-state index in [2.05, 4.69) is 16.4 Å². The minimum atomic E-state index is -0.403. The number of hydrogen-bond donors (Lipinski definition) is 1. The highest BCUT2D eigenvalue weighted by Gasteiger charge is 2.32. The highest BCUT2D eigenvalue weighted by molar-refractivity contribution is 5.93. The molecule has 1 aliphatic rings. The number of likely N-dealkylation sites (tertiary alicyclic amines) is 1. The zero-order valence-electron chi connectivity index (χ0n) is 18.4. The molecule has 1 saturated heterocycles. The molecule has 162 valence electrons. The molecule has 0 atom stereocenters. The van der Waals surface area contributed by atoms with Gasteiger partial charge in [-0.15, -0.1) is 0 Å². The molecule has 1 N–H and O–H groups in total. The number of nitrogens with one attached hydrogen (secondary N) is 1. The van der Waals surface area contributed by atoms with Crippen LogP contribution in [0.1, 0.15) is 44.7 Å². The number of aryl methyl sites for hydroxylation is 1. The smallest absolute Gasteiger partial charge is 0.237 e. The summed E-state index contributed by atoms with van der Waals surface area (Å²) < 4.78 is 5.74. The molecular formula is C24H28N4O3. The molecule has 31 heavy (non-hydrogen) atoms. The van der Waals surface area contributed by atoms with Crippen molar-refractivity contribution in [2.75, 3.05) is 18.4 Å². The second-order valence-corrected chi connectivity index (χ2v) is 8.85. The molecule has 0 bridgehead atoms. The van der Waals surface area contributed by atoms with Gasteiger partial charge in [0, 0.05) is 36.3 Å². The first kappa shape index (κ1) is 22.3. The van der Waals surface area contributed by atoms with Crippen molar-refractivity contribution in [3.8, 4) is 17.7 Å². The monoisotopic (exact) mass is 420 g/mol. The van der Waals surface area contributed by atoms with Gasteiger partial charge in [0.1, 0.15) is 17.4 Å². The Bertz CT molecular complexity index is 1010. The zero-order chi connectivity index (χ0) is 22.6. The van der Waals surface area contributed by atoms with Crippen molar-refractivity contribution >= 4 is 17.5 Å². The van der Waals surface area contributed by atoms with Crippen LogP contribution in [0.3, 0.4) is 0 Å². The molecule has 0 radical (unpaired) electrons. The van der Waals surface area contributed by atoms with Crippen LogP contribution in [0.25, 0.3) is 0 Å². The van der Waals surface area contributed by atoms with Gasteiger partial charge in [-0.05, 0) is 55.7 Å². The molecule has 1 aliphatic heterocycles. The maximum absolute atomic E-state index is 12.8. The quantitative estimate of drug-likeness (QED) is 0.797. The number of anilines is 1. The Labute approximate surface area is 183 Å². The average molecular weight is 421 g/mol. The summed E-state index contributed by atoms with van der Waals surface area (Å²) in [7, 11) is 0. The predicted octanol–water partition coefficient (Wildman–Crippen LogP) is 4.28. The molecule has 2 heterocycles. The van der Waals surface area contributed by atoms with Crippen LogP contribution in [-0.2, 0) is 9.59 Å². The number of rotatable bonds is 4. The normalized spacial score (nSPS) is 14.6. The SMILES string of the molecule is Cc1cc(Oc2ncccc2C#N)ccc1NC(=O)C1CCN(C(=O)C(C)(C)C)CC1. The Kier molecular flexibility index (Phi) is 6.59. The molecule has 1 aromatic carbocycles. The molecule has 2 amide bonds. The van der Waals surface area contributed by atoms with E-state index in [1.807, 2.05) is 32.6 Å². The largest absolute Gasteiger partial charge is 0.438 e. The fourth-order valence-corrected chi connectivity index (χ4v) is 3.56. The number of pyridine rings is 1. The van der Waals surface area contributed by atoms with Crippen molar-refractivity contribution in [3.63, 3.8) is 0 Å². The highest BCUT2D eigenvalue weighted by Crippen LogP contribution is 2.28. The third-order valence-electron chi connectivity index (χ3n) is 5.36. The van der Waals surface area contributed by atoms with Crippen LogP contribution in [0.4, 0.5) is 5.69 Å². The number of ether oxygens (including phenoxy) is 1. The summed E-state index contributed by atoms with van der Waals surface area (Å²) in [6.45, 7) is 8.84. The van der Waals surface area contributed by atoms with Crippen molar-refractivity contribution in [3.05, 3.63) is 47.7 Å².